The van der Waals surface area contributed by atoms with Gasteiger partial charge in [-0.05, 0) is 30.5 Å². The molecule has 1 atom stereocenters. The van der Waals surface area contributed by atoms with Crippen molar-refractivity contribution in [3.05, 3.63) is 60.2 Å². The molecule has 1 amide bonds. The van der Waals surface area contributed by atoms with Gasteiger partial charge in [-0.3, -0.25) is 4.79 Å². The van der Waals surface area contributed by atoms with Gasteiger partial charge in [0.05, 0.1) is 6.61 Å². The van der Waals surface area contributed by atoms with Gasteiger partial charge >= 0.3 is 0 Å². The molecular formula is C19H25ClN2O2. The van der Waals surface area contributed by atoms with E-state index in [2.05, 4.69) is 19.2 Å². The first-order valence-electron chi connectivity index (χ1n) is 7.78. The normalized spacial score (nSPS) is 12.9. The molecular weight excluding hydrogens is 324 g/mol. The topological polar surface area (TPSA) is 64.3 Å². The number of halogens is 1. The summed E-state index contributed by atoms with van der Waals surface area (Å²) in [6, 6.07) is 16.7. The van der Waals surface area contributed by atoms with Crippen LogP contribution in [0.15, 0.2) is 54.6 Å². The van der Waals surface area contributed by atoms with Crippen molar-refractivity contribution in [1.29, 1.82) is 0 Å². The van der Waals surface area contributed by atoms with E-state index in [4.69, 9.17) is 10.5 Å². The summed E-state index contributed by atoms with van der Waals surface area (Å²) in [6.45, 7) is 6.52. The van der Waals surface area contributed by atoms with Crippen LogP contribution in [-0.4, -0.2) is 12.5 Å². The molecule has 5 heteroatoms. The second-order valence-corrected chi connectivity index (χ2v) is 6.26. The molecule has 0 radical (unpaired) electrons. The highest BCUT2D eigenvalue weighted by atomic mass is 35.5. The van der Waals surface area contributed by atoms with Crippen molar-refractivity contribution in [2.75, 3.05) is 11.9 Å². The van der Waals surface area contributed by atoms with E-state index in [0.717, 1.165) is 11.3 Å². The van der Waals surface area contributed by atoms with E-state index in [9.17, 15) is 4.79 Å². The number of nitrogens with one attached hydrogen (secondary N) is 1. The smallest absolute Gasteiger partial charge is 0.248 e. The Balaban J connectivity index is 0.00000288. The van der Waals surface area contributed by atoms with Gasteiger partial charge in [0.1, 0.15) is 11.3 Å². The average Bonchev–Trinajstić information content (AvgIpc) is 2.54. The lowest BCUT2D eigenvalue weighted by Gasteiger charge is -2.24. The molecule has 130 valence electrons. The highest BCUT2D eigenvalue weighted by Gasteiger charge is 2.30. The van der Waals surface area contributed by atoms with Crippen LogP contribution in [0.2, 0.25) is 0 Å². The third kappa shape index (κ3) is 5.25. The Bertz CT molecular complexity index is 657. The number of nitrogens with two attached hydrogens (primary N) is 1. The first kappa shape index (κ1) is 20.0. The fourth-order valence-electron chi connectivity index (χ4n) is 2.10. The van der Waals surface area contributed by atoms with Crippen LogP contribution < -0.4 is 15.8 Å². The zero-order valence-electron chi connectivity index (χ0n) is 14.3. The van der Waals surface area contributed by atoms with E-state index < -0.39 is 5.54 Å². The highest BCUT2D eigenvalue weighted by molar-refractivity contribution is 5.98. The number of ether oxygens (including phenoxy) is 1. The zero-order valence-corrected chi connectivity index (χ0v) is 15.1. The Hall–Kier alpha value is -2.04. The molecule has 4 nitrogen and oxygen atoms in total. The first-order chi connectivity index (χ1) is 10.9. The first-order valence-corrected chi connectivity index (χ1v) is 7.78. The van der Waals surface area contributed by atoms with Crippen LogP contribution in [0.25, 0.3) is 0 Å². The summed E-state index contributed by atoms with van der Waals surface area (Å²) < 4.78 is 5.68. The van der Waals surface area contributed by atoms with Crippen molar-refractivity contribution in [3.63, 3.8) is 0 Å². The Morgan fingerprint density at radius 1 is 1.17 bits per heavy atom. The molecule has 0 spiro atoms. The van der Waals surface area contributed by atoms with Gasteiger partial charge in [0.15, 0.2) is 0 Å². The van der Waals surface area contributed by atoms with Gasteiger partial charge in [-0.15, -0.1) is 12.4 Å². The molecule has 2 rings (SSSR count). The third-order valence-electron chi connectivity index (χ3n) is 3.52. The molecule has 0 aliphatic heterocycles. The van der Waals surface area contributed by atoms with Crippen LogP contribution in [0.3, 0.4) is 0 Å². The number of rotatable bonds is 6. The maximum atomic E-state index is 12.5. The second-order valence-electron chi connectivity index (χ2n) is 6.26. The van der Waals surface area contributed by atoms with Gasteiger partial charge < -0.3 is 15.8 Å². The monoisotopic (exact) mass is 348 g/mol. The van der Waals surface area contributed by atoms with Crippen LogP contribution >= 0.6 is 12.4 Å². The number of hydrogen-bond acceptors (Lipinski definition) is 3. The van der Waals surface area contributed by atoms with Gasteiger partial charge in [0.25, 0.3) is 0 Å². The maximum Gasteiger partial charge on any atom is 0.248 e. The molecule has 0 fully saturated rings. The third-order valence-corrected chi connectivity index (χ3v) is 3.52. The Kier molecular flexibility index (Phi) is 7.26. The highest BCUT2D eigenvalue weighted by Crippen LogP contribution is 2.22. The second kappa shape index (κ2) is 8.71. The molecule has 0 aliphatic rings. The number of anilines is 1. The molecule has 2 aromatic carbocycles. The van der Waals surface area contributed by atoms with Crippen molar-refractivity contribution < 1.29 is 9.53 Å². The molecule has 1 unspecified atom stereocenters. The van der Waals surface area contributed by atoms with Crippen molar-refractivity contribution in [1.82, 2.24) is 0 Å². The number of carbonyl (C=O) groups excluding carboxylic acids is 1. The van der Waals surface area contributed by atoms with Gasteiger partial charge in [-0.25, -0.2) is 0 Å². The number of carbonyl (C=O) groups is 1. The van der Waals surface area contributed by atoms with Crippen LogP contribution in [0.1, 0.15) is 26.3 Å². The SMILES string of the molecule is CC(C)COc1cccc(NC(=O)C(C)(N)c2ccccc2)c1.Cl. The van der Waals surface area contributed by atoms with Crippen LogP contribution in [0.5, 0.6) is 5.75 Å². The van der Waals surface area contributed by atoms with Crippen LogP contribution in [0.4, 0.5) is 5.69 Å². The number of hydrogen-bond donors (Lipinski definition) is 2. The summed E-state index contributed by atoms with van der Waals surface area (Å²) in [4.78, 5) is 12.5. The molecule has 0 saturated carbocycles. The van der Waals surface area contributed by atoms with E-state index in [-0.39, 0.29) is 18.3 Å². The lowest BCUT2D eigenvalue weighted by atomic mass is 9.92. The lowest BCUT2D eigenvalue weighted by molar-refractivity contribution is -0.120. The van der Waals surface area contributed by atoms with Gasteiger partial charge in [0.2, 0.25) is 5.91 Å². The van der Waals surface area contributed by atoms with Crippen molar-refractivity contribution in [2.24, 2.45) is 11.7 Å². The van der Waals surface area contributed by atoms with Crippen molar-refractivity contribution in [2.45, 2.75) is 26.3 Å². The number of benzene rings is 2. The largest absolute Gasteiger partial charge is 0.493 e. The van der Waals surface area contributed by atoms with Gasteiger partial charge in [-0.2, -0.15) is 0 Å². The summed E-state index contributed by atoms with van der Waals surface area (Å²) in [7, 11) is 0. The molecule has 0 aliphatic carbocycles. The zero-order chi connectivity index (χ0) is 16.9. The summed E-state index contributed by atoms with van der Waals surface area (Å²) in [6.07, 6.45) is 0. The van der Waals surface area contributed by atoms with Crippen molar-refractivity contribution in [3.8, 4) is 5.75 Å². The van der Waals surface area contributed by atoms with E-state index in [1.54, 1.807) is 13.0 Å². The standard InChI is InChI=1S/C19H24N2O2.ClH/c1-14(2)13-23-17-11-7-10-16(12-17)21-18(22)19(3,20)15-8-5-4-6-9-15;/h4-12,14H,13,20H2,1-3H3,(H,21,22);1H. The molecule has 0 heterocycles. The van der Waals surface area contributed by atoms with E-state index in [1.807, 2.05) is 48.5 Å². The quantitative estimate of drug-likeness (QED) is 0.830. The minimum atomic E-state index is -1.10. The Morgan fingerprint density at radius 2 is 1.83 bits per heavy atom. The Morgan fingerprint density at radius 3 is 2.46 bits per heavy atom. The molecule has 24 heavy (non-hydrogen) atoms. The number of amides is 1. The van der Waals surface area contributed by atoms with E-state index >= 15 is 0 Å². The summed E-state index contributed by atoms with van der Waals surface area (Å²) in [5.74, 6) is 0.915. The Labute approximate surface area is 149 Å². The van der Waals surface area contributed by atoms with Crippen molar-refractivity contribution >= 4 is 24.0 Å². The predicted octanol–water partition coefficient (Wildman–Crippen LogP) is 3.96. The molecule has 3 N–H and O–H groups in total. The fraction of sp³-hybridized carbons (Fsp3) is 0.316. The maximum absolute atomic E-state index is 12.5. The average molecular weight is 349 g/mol. The molecule has 0 saturated heterocycles. The van der Waals surface area contributed by atoms with E-state index in [1.165, 1.54) is 0 Å². The minimum Gasteiger partial charge on any atom is -0.493 e. The fourth-order valence-corrected chi connectivity index (χ4v) is 2.10. The van der Waals surface area contributed by atoms with Gasteiger partial charge in [0, 0.05) is 11.8 Å². The predicted molar refractivity (Wildman–Crippen MR) is 101 cm³/mol. The molecule has 0 bridgehead atoms. The summed E-state index contributed by atoms with van der Waals surface area (Å²) in [5.41, 5.74) is 6.56. The summed E-state index contributed by atoms with van der Waals surface area (Å²) >= 11 is 0. The minimum absolute atomic E-state index is 0. The van der Waals surface area contributed by atoms with Gasteiger partial charge in [-0.1, -0.05) is 50.2 Å². The van der Waals surface area contributed by atoms with E-state index in [0.29, 0.717) is 18.2 Å². The molecule has 0 aromatic heterocycles. The van der Waals surface area contributed by atoms with Crippen LogP contribution in [0, 0.1) is 5.92 Å². The lowest BCUT2D eigenvalue weighted by Crippen LogP contribution is -2.45. The summed E-state index contributed by atoms with van der Waals surface area (Å²) in [5, 5.41) is 2.86. The van der Waals surface area contributed by atoms with Crippen LogP contribution in [-0.2, 0) is 10.3 Å². The molecule has 2 aromatic rings.